The minimum atomic E-state index is -0.00495. The molecule has 20 heavy (non-hydrogen) atoms. The van der Waals surface area contributed by atoms with Gasteiger partial charge in [-0.15, -0.1) is 12.4 Å². The van der Waals surface area contributed by atoms with E-state index in [1.54, 1.807) is 7.11 Å². The second-order valence-corrected chi connectivity index (χ2v) is 5.21. The fourth-order valence-electron chi connectivity index (χ4n) is 2.18. The highest BCUT2D eigenvalue weighted by atomic mass is 35.5. The van der Waals surface area contributed by atoms with Gasteiger partial charge in [-0.2, -0.15) is 0 Å². The predicted octanol–water partition coefficient (Wildman–Crippen LogP) is 2.67. The number of nitrogens with one attached hydrogen (secondary N) is 2. The number of methoxy groups -OCH3 is 1. The highest BCUT2D eigenvalue weighted by Gasteiger charge is 2.20. The van der Waals surface area contributed by atoms with Crippen molar-refractivity contribution in [1.29, 1.82) is 0 Å². The molecule has 0 spiro atoms. The predicted molar refractivity (Wildman–Crippen MR) is 83.9 cm³/mol. The molecule has 2 rings (SSSR count). The van der Waals surface area contributed by atoms with Crippen molar-refractivity contribution in [2.45, 2.75) is 26.7 Å². The monoisotopic (exact) mass is 298 g/mol. The zero-order valence-electron chi connectivity index (χ0n) is 12.3. The summed E-state index contributed by atoms with van der Waals surface area (Å²) in [5, 5.41) is 6.11. The van der Waals surface area contributed by atoms with Crippen LogP contribution in [0.4, 0.5) is 5.69 Å². The van der Waals surface area contributed by atoms with Crippen LogP contribution in [0, 0.1) is 19.8 Å². The summed E-state index contributed by atoms with van der Waals surface area (Å²) in [6.07, 6.45) is 2.59. The Hall–Kier alpha value is -1.26. The van der Waals surface area contributed by atoms with Crippen molar-refractivity contribution in [1.82, 2.24) is 5.32 Å². The van der Waals surface area contributed by atoms with E-state index in [1.165, 1.54) is 12.8 Å². The van der Waals surface area contributed by atoms with Gasteiger partial charge in [0.2, 0.25) is 5.91 Å². The summed E-state index contributed by atoms with van der Waals surface area (Å²) < 4.78 is 5.35. The molecule has 4 nitrogen and oxygen atoms in total. The second-order valence-electron chi connectivity index (χ2n) is 5.21. The van der Waals surface area contributed by atoms with Crippen molar-refractivity contribution in [3.05, 3.63) is 23.3 Å². The van der Waals surface area contributed by atoms with Crippen LogP contribution in [0.15, 0.2) is 12.1 Å². The number of hydrogen-bond acceptors (Lipinski definition) is 3. The van der Waals surface area contributed by atoms with Crippen molar-refractivity contribution in [3.63, 3.8) is 0 Å². The molecule has 1 fully saturated rings. The van der Waals surface area contributed by atoms with Gasteiger partial charge in [0, 0.05) is 11.3 Å². The number of halogens is 1. The van der Waals surface area contributed by atoms with Gasteiger partial charge in [0.1, 0.15) is 5.75 Å². The molecule has 1 aliphatic rings. The average molecular weight is 299 g/mol. The van der Waals surface area contributed by atoms with Crippen molar-refractivity contribution < 1.29 is 9.53 Å². The fraction of sp³-hybridized carbons (Fsp3) is 0.533. The summed E-state index contributed by atoms with van der Waals surface area (Å²) in [4.78, 5) is 11.8. The Morgan fingerprint density at radius 1 is 1.35 bits per heavy atom. The summed E-state index contributed by atoms with van der Waals surface area (Å²) >= 11 is 0. The third-order valence-electron chi connectivity index (χ3n) is 3.50. The molecule has 1 saturated carbocycles. The number of anilines is 1. The number of amides is 1. The van der Waals surface area contributed by atoms with E-state index in [4.69, 9.17) is 4.74 Å². The molecule has 2 N–H and O–H groups in total. The molecule has 0 atom stereocenters. The van der Waals surface area contributed by atoms with Crippen molar-refractivity contribution >= 4 is 24.0 Å². The van der Waals surface area contributed by atoms with Crippen LogP contribution in [0.1, 0.15) is 24.0 Å². The van der Waals surface area contributed by atoms with E-state index < -0.39 is 0 Å². The number of benzene rings is 1. The number of ether oxygens (including phenoxy) is 1. The quantitative estimate of drug-likeness (QED) is 0.849. The second kappa shape index (κ2) is 7.50. The lowest BCUT2D eigenvalue weighted by Gasteiger charge is -2.14. The third kappa shape index (κ3) is 4.39. The van der Waals surface area contributed by atoms with Gasteiger partial charge in [-0.05, 0) is 50.8 Å². The van der Waals surface area contributed by atoms with Crippen LogP contribution < -0.4 is 15.4 Å². The Labute approximate surface area is 126 Å². The standard InChI is InChI=1S/C15H22N2O2.ClH/c1-10-4-7-13(11(2)15(10)19-3)17-14(18)9-16-8-12-5-6-12;/h4,7,12,16H,5-6,8-9H2,1-3H3,(H,17,18);1H. The minimum Gasteiger partial charge on any atom is -0.496 e. The van der Waals surface area contributed by atoms with Gasteiger partial charge in [0.05, 0.1) is 13.7 Å². The number of carbonyl (C=O) groups excluding carboxylic acids is 1. The Morgan fingerprint density at radius 3 is 2.65 bits per heavy atom. The number of aryl methyl sites for hydroxylation is 1. The van der Waals surface area contributed by atoms with Crippen LogP contribution >= 0.6 is 12.4 Å². The van der Waals surface area contributed by atoms with Crippen LogP contribution in [-0.2, 0) is 4.79 Å². The summed E-state index contributed by atoms with van der Waals surface area (Å²) in [6.45, 7) is 5.27. The molecule has 1 aromatic rings. The van der Waals surface area contributed by atoms with E-state index >= 15 is 0 Å². The van der Waals surface area contributed by atoms with E-state index in [2.05, 4.69) is 10.6 Å². The van der Waals surface area contributed by atoms with E-state index in [0.29, 0.717) is 6.54 Å². The van der Waals surface area contributed by atoms with Gasteiger partial charge in [0.15, 0.2) is 0 Å². The van der Waals surface area contributed by atoms with Crippen LogP contribution in [0.5, 0.6) is 5.75 Å². The molecule has 0 heterocycles. The molecule has 0 aliphatic heterocycles. The van der Waals surface area contributed by atoms with Crippen molar-refractivity contribution in [2.24, 2.45) is 5.92 Å². The normalized spacial score (nSPS) is 13.6. The molecule has 0 unspecified atom stereocenters. The molecule has 0 bridgehead atoms. The smallest absolute Gasteiger partial charge is 0.238 e. The third-order valence-corrected chi connectivity index (χ3v) is 3.50. The molecule has 0 saturated heterocycles. The first-order chi connectivity index (χ1) is 9.11. The molecular formula is C15H23ClN2O2. The highest BCUT2D eigenvalue weighted by molar-refractivity contribution is 5.93. The first kappa shape index (κ1) is 16.8. The maximum Gasteiger partial charge on any atom is 0.238 e. The van der Waals surface area contributed by atoms with Gasteiger partial charge in [-0.1, -0.05) is 6.07 Å². The Morgan fingerprint density at radius 2 is 2.05 bits per heavy atom. The van der Waals surface area contributed by atoms with E-state index in [-0.39, 0.29) is 18.3 Å². The highest BCUT2D eigenvalue weighted by Crippen LogP contribution is 2.29. The van der Waals surface area contributed by atoms with Crippen LogP contribution in [0.25, 0.3) is 0 Å². The lowest BCUT2D eigenvalue weighted by atomic mass is 10.1. The summed E-state index contributed by atoms with van der Waals surface area (Å²) in [5.41, 5.74) is 2.86. The molecule has 5 heteroatoms. The zero-order valence-corrected chi connectivity index (χ0v) is 13.1. The van der Waals surface area contributed by atoms with Crippen molar-refractivity contribution in [2.75, 3.05) is 25.5 Å². The molecule has 1 amide bonds. The summed E-state index contributed by atoms with van der Waals surface area (Å²) in [5.74, 6) is 1.62. The maximum absolute atomic E-state index is 11.8. The Balaban J connectivity index is 0.00000200. The average Bonchev–Trinajstić information content (AvgIpc) is 3.18. The molecule has 0 radical (unpaired) electrons. The van der Waals surface area contributed by atoms with Crippen LogP contribution in [0.2, 0.25) is 0 Å². The van der Waals surface area contributed by atoms with Gasteiger partial charge in [0.25, 0.3) is 0 Å². The maximum atomic E-state index is 11.8. The topological polar surface area (TPSA) is 50.4 Å². The van der Waals surface area contributed by atoms with E-state index in [9.17, 15) is 4.79 Å². The summed E-state index contributed by atoms with van der Waals surface area (Å²) in [7, 11) is 1.65. The molecular weight excluding hydrogens is 276 g/mol. The first-order valence-electron chi connectivity index (χ1n) is 6.76. The minimum absolute atomic E-state index is 0. The molecule has 112 valence electrons. The summed E-state index contributed by atoms with van der Waals surface area (Å²) in [6, 6.07) is 3.88. The van der Waals surface area contributed by atoms with Gasteiger partial charge in [-0.3, -0.25) is 4.79 Å². The van der Waals surface area contributed by atoms with Gasteiger partial charge >= 0.3 is 0 Å². The number of carbonyl (C=O) groups is 1. The number of hydrogen-bond donors (Lipinski definition) is 2. The van der Waals surface area contributed by atoms with E-state index in [0.717, 1.165) is 35.0 Å². The molecule has 1 aromatic carbocycles. The van der Waals surface area contributed by atoms with Gasteiger partial charge in [-0.25, -0.2) is 0 Å². The lowest BCUT2D eigenvalue weighted by molar-refractivity contribution is -0.115. The lowest BCUT2D eigenvalue weighted by Crippen LogP contribution is -2.29. The Bertz CT molecular complexity index is 473. The largest absolute Gasteiger partial charge is 0.496 e. The van der Waals surface area contributed by atoms with Crippen LogP contribution in [0.3, 0.4) is 0 Å². The van der Waals surface area contributed by atoms with Gasteiger partial charge < -0.3 is 15.4 Å². The molecule has 1 aliphatic carbocycles. The fourth-order valence-corrected chi connectivity index (χ4v) is 2.18. The van der Waals surface area contributed by atoms with Crippen LogP contribution in [-0.4, -0.2) is 26.1 Å². The zero-order chi connectivity index (χ0) is 13.8. The molecule has 0 aromatic heterocycles. The Kier molecular flexibility index (Phi) is 6.30. The first-order valence-corrected chi connectivity index (χ1v) is 6.76. The van der Waals surface area contributed by atoms with Crippen molar-refractivity contribution in [3.8, 4) is 5.75 Å². The van der Waals surface area contributed by atoms with E-state index in [1.807, 2.05) is 26.0 Å². The number of rotatable bonds is 6. The SMILES string of the molecule is COc1c(C)ccc(NC(=O)CNCC2CC2)c1C.Cl.